The van der Waals surface area contributed by atoms with E-state index in [0.29, 0.717) is 5.13 Å². The molecule has 0 saturated heterocycles. The summed E-state index contributed by atoms with van der Waals surface area (Å²) in [6, 6.07) is 8.24. The van der Waals surface area contributed by atoms with Gasteiger partial charge in [0.15, 0.2) is 11.2 Å². The summed E-state index contributed by atoms with van der Waals surface area (Å²) in [5, 5.41) is 5.18. The van der Waals surface area contributed by atoms with Crippen molar-refractivity contribution >= 4 is 28.3 Å². The molecule has 27 heavy (non-hydrogen) atoms. The maximum atomic E-state index is 12.3. The van der Waals surface area contributed by atoms with Gasteiger partial charge in [0, 0.05) is 10.9 Å². The zero-order valence-corrected chi connectivity index (χ0v) is 16.7. The van der Waals surface area contributed by atoms with Crippen LogP contribution in [0.1, 0.15) is 51.5 Å². The Hall–Kier alpha value is -2.21. The second-order valence-corrected chi connectivity index (χ2v) is 7.85. The minimum absolute atomic E-state index is 0.0634. The van der Waals surface area contributed by atoms with Crippen molar-refractivity contribution in [3.8, 4) is 11.3 Å². The number of ether oxygens (including phenoxy) is 1. The van der Waals surface area contributed by atoms with E-state index in [9.17, 15) is 9.59 Å². The Morgan fingerprint density at radius 1 is 1.22 bits per heavy atom. The van der Waals surface area contributed by atoms with Crippen LogP contribution in [0.2, 0.25) is 0 Å². The van der Waals surface area contributed by atoms with E-state index < -0.39 is 6.10 Å². The van der Waals surface area contributed by atoms with Crippen LogP contribution in [0.15, 0.2) is 29.6 Å². The second-order valence-electron chi connectivity index (χ2n) is 6.99. The van der Waals surface area contributed by atoms with Crippen LogP contribution >= 0.6 is 11.3 Å². The minimum Gasteiger partial charge on any atom is -0.452 e. The predicted octanol–water partition coefficient (Wildman–Crippen LogP) is 4.82. The second kappa shape index (κ2) is 9.13. The van der Waals surface area contributed by atoms with Crippen LogP contribution in [0.4, 0.5) is 5.13 Å². The Kier molecular flexibility index (Phi) is 6.61. The largest absolute Gasteiger partial charge is 0.452 e. The molecule has 6 heteroatoms. The number of aromatic nitrogens is 1. The average molecular weight is 387 g/mol. The monoisotopic (exact) mass is 386 g/mol. The molecule has 1 aliphatic rings. The first-order chi connectivity index (χ1) is 13.1. The van der Waals surface area contributed by atoms with Crippen molar-refractivity contribution in [1.82, 2.24) is 4.98 Å². The molecule has 2 aromatic rings. The minimum atomic E-state index is -0.824. The zero-order valence-electron chi connectivity index (χ0n) is 15.9. The molecule has 0 aliphatic heterocycles. The molecule has 1 heterocycles. The summed E-state index contributed by atoms with van der Waals surface area (Å²) in [7, 11) is 0. The molecule has 1 fully saturated rings. The highest BCUT2D eigenvalue weighted by molar-refractivity contribution is 7.14. The highest BCUT2D eigenvalue weighted by atomic mass is 32.1. The van der Waals surface area contributed by atoms with Crippen molar-refractivity contribution in [1.29, 1.82) is 0 Å². The molecule has 1 aromatic heterocycles. The number of carbonyl (C=O) groups excluding carboxylic acids is 2. The van der Waals surface area contributed by atoms with Gasteiger partial charge in [0.2, 0.25) is 0 Å². The quantitative estimate of drug-likeness (QED) is 0.723. The van der Waals surface area contributed by atoms with E-state index in [0.717, 1.165) is 43.4 Å². The number of rotatable bonds is 6. The van der Waals surface area contributed by atoms with Crippen LogP contribution in [0.3, 0.4) is 0 Å². The van der Waals surface area contributed by atoms with Crippen LogP contribution in [0, 0.1) is 5.92 Å². The van der Waals surface area contributed by atoms with Gasteiger partial charge in [0.05, 0.1) is 11.6 Å². The molecule has 1 N–H and O–H groups in total. The Morgan fingerprint density at radius 2 is 1.93 bits per heavy atom. The Morgan fingerprint density at radius 3 is 2.59 bits per heavy atom. The Labute approximate surface area is 164 Å². The first-order valence-electron chi connectivity index (χ1n) is 9.63. The standard InChI is InChI=1S/C21H26N2O3S/c1-3-15-9-11-16(12-10-15)18-13-27-21(22-18)23-19(24)14(2)26-20(25)17-7-5-4-6-8-17/h9-14,17H,3-8H2,1-2H3,(H,22,23,24)/t14-/m1/s1. The number of anilines is 1. The Bertz CT molecular complexity index is 779. The van der Waals surface area contributed by atoms with Gasteiger partial charge in [-0.2, -0.15) is 0 Å². The first kappa shape index (κ1) is 19.5. The molecular weight excluding hydrogens is 360 g/mol. The van der Waals surface area contributed by atoms with E-state index in [1.54, 1.807) is 6.92 Å². The molecule has 1 amide bonds. The summed E-state index contributed by atoms with van der Waals surface area (Å²) in [6.45, 7) is 3.72. The van der Waals surface area contributed by atoms with Crippen molar-refractivity contribution < 1.29 is 14.3 Å². The third-order valence-corrected chi connectivity index (χ3v) is 5.75. The van der Waals surface area contributed by atoms with Gasteiger partial charge in [-0.3, -0.25) is 14.9 Å². The van der Waals surface area contributed by atoms with Gasteiger partial charge >= 0.3 is 5.97 Å². The molecule has 5 nitrogen and oxygen atoms in total. The SMILES string of the molecule is CCc1ccc(-c2csc(NC(=O)[C@@H](C)OC(=O)C3CCCCC3)n2)cc1. The average Bonchev–Trinajstić information content (AvgIpc) is 3.17. The lowest BCUT2D eigenvalue weighted by Crippen LogP contribution is -2.32. The summed E-state index contributed by atoms with van der Waals surface area (Å²) in [5.74, 6) is -0.666. The van der Waals surface area contributed by atoms with Crippen molar-refractivity contribution in [2.75, 3.05) is 5.32 Å². The molecule has 0 unspecified atom stereocenters. The molecule has 0 bridgehead atoms. The van der Waals surface area contributed by atoms with Crippen LogP contribution in [0.25, 0.3) is 11.3 Å². The van der Waals surface area contributed by atoms with Crippen LogP contribution in [0.5, 0.6) is 0 Å². The summed E-state index contributed by atoms with van der Waals surface area (Å²) >= 11 is 1.36. The number of thiazole rings is 1. The lowest BCUT2D eigenvalue weighted by Gasteiger charge is -2.21. The zero-order chi connectivity index (χ0) is 19.2. The smallest absolute Gasteiger partial charge is 0.309 e. The van der Waals surface area contributed by atoms with E-state index in [2.05, 4.69) is 29.4 Å². The van der Waals surface area contributed by atoms with Gasteiger partial charge in [-0.25, -0.2) is 4.98 Å². The highest BCUT2D eigenvalue weighted by Gasteiger charge is 2.26. The summed E-state index contributed by atoms with van der Waals surface area (Å²) < 4.78 is 5.37. The van der Waals surface area contributed by atoms with Crippen molar-refractivity contribution in [2.45, 2.75) is 58.5 Å². The number of aryl methyl sites for hydroxylation is 1. The number of nitrogens with zero attached hydrogens (tertiary/aromatic N) is 1. The van der Waals surface area contributed by atoms with E-state index in [4.69, 9.17) is 4.74 Å². The maximum Gasteiger partial charge on any atom is 0.309 e. The Balaban J connectivity index is 1.55. The van der Waals surface area contributed by atoms with Gasteiger partial charge in [-0.15, -0.1) is 11.3 Å². The van der Waals surface area contributed by atoms with Gasteiger partial charge in [-0.05, 0) is 31.7 Å². The lowest BCUT2D eigenvalue weighted by atomic mass is 9.89. The maximum absolute atomic E-state index is 12.3. The number of esters is 1. The number of nitrogens with one attached hydrogen (secondary N) is 1. The fourth-order valence-electron chi connectivity index (χ4n) is 3.24. The molecule has 3 rings (SSSR count). The van der Waals surface area contributed by atoms with Gasteiger partial charge in [-0.1, -0.05) is 50.5 Å². The van der Waals surface area contributed by atoms with Gasteiger partial charge < -0.3 is 4.74 Å². The number of carbonyl (C=O) groups is 2. The van der Waals surface area contributed by atoms with Crippen LogP contribution < -0.4 is 5.32 Å². The topological polar surface area (TPSA) is 68.3 Å². The first-order valence-corrected chi connectivity index (χ1v) is 10.5. The number of benzene rings is 1. The van der Waals surface area contributed by atoms with Crippen LogP contribution in [-0.4, -0.2) is 23.0 Å². The molecule has 1 saturated carbocycles. The molecule has 0 radical (unpaired) electrons. The fraction of sp³-hybridized carbons (Fsp3) is 0.476. The fourth-order valence-corrected chi connectivity index (χ4v) is 3.97. The van der Waals surface area contributed by atoms with E-state index in [1.165, 1.54) is 23.3 Å². The van der Waals surface area contributed by atoms with Crippen molar-refractivity contribution in [3.63, 3.8) is 0 Å². The van der Waals surface area contributed by atoms with E-state index in [1.807, 2.05) is 17.5 Å². The molecule has 1 aromatic carbocycles. The van der Waals surface area contributed by atoms with Crippen molar-refractivity contribution in [3.05, 3.63) is 35.2 Å². The molecule has 0 spiro atoms. The molecule has 1 aliphatic carbocycles. The molecule has 1 atom stereocenters. The summed E-state index contributed by atoms with van der Waals surface area (Å²) in [5.41, 5.74) is 3.11. The number of amides is 1. The number of hydrogen-bond acceptors (Lipinski definition) is 5. The summed E-state index contributed by atoms with van der Waals surface area (Å²) in [4.78, 5) is 29.0. The van der Waals surface area contributed by atoms with Crippen LogP contribution in [-0.2, 0) is 20.7 Å². The third-order valence-electron chi connectivity index (χ3n) is 4.99. The van der Waals surface area contributed by atoms with Gasteiger partial charge in [0.1, 0.15) is 0 Å². The summed E-state index contributed by atoms with van der Waals surface area (Å²) in [6.07, 6.45) is 5.18. The normalized spacial score (nSPS) is 15.9. The van der Waals surface area contributed by atoms with E-state index >= 15 is 0 Å². The molecular formula is C21H26N2O3S. The lowest BCUT2D eigenvalue weighted by molar-refractivity contribution is -0.158. The van der Waals surface area contributed by atoms with Gasteiger partial charge in [0.25, 0.3) is 5.91 Å². The third kappa shape index (κ3) is 5.16. The number of hydrogen-bond donors (Lipinski definition) is 1. The van der Waals surface area contributed by atoms with Crippen molar-refractivity contribution in [2.24, 2.45) is 5.92 Å². The predicted molar refractivity (Wildman–Crippen MR) is 108 cm³/mol. The van der Waals surface area contributed by atoms with E-state index in [-0.39, 0.29) is 17.8 Å². The highest BCUT2D eigenvalue weighted by Crippen LogP contribution is 2.27. The molecule has 144 valence electrons.